The van der Waals surface area contributed by atoms with Crippen LogP contribution in [0.5, 0.6) is 11.5 Å². The van der Waals surface area contributed by atoms with Gasteiger partial charge in [0.2, 0.25) is 17.7 Å². The van der Waals surface area contributed by atoms with Gasteiger partial charge in [-0.25, -0.2) is 0 Å². The molecule has 1 spiro atoms. The van der Waals surface area contributed by atoms with Crippen LogP contribution in [0.1, 0.15) is 22.3 Å². The van der Waals surface area contributed by atoms with Gasteiger partial charge in [0.15, 0.2) is 11.5 Å². The van der Waals surface area contributed by atoms with E-state index in [-0.39, 0.29) is 42.9 Å². The normalized spacial score (nSPS) is 27.4. The predicted molar refractivity (Wildman–Crippen MR) is 122 cm³/mol. The van der Waals surface area contributed by atoms with Gasteiger partial charge in [0.25, 0.3) is 0 Å². The van der Waals surface area contributed by atoms with Crippen molar-refractivity contribution in [2.75, 3.05) is 25.6 Å². The number of imide groups is 1. The van der Waals surface area contributed by atoms with Gasteiger partial charge >= 0.3 is 0 Å². The molecule has 34 heavy (non-hydrogen) atoms. The van der Waals surface area contributed by atoms with Crippen molar-refractivity contribution in [2.45, 2.75) is 31.8 Å². The topological polar surface area (TPSA) is 128 Å². The lowest BCUT2D eigenvalue weighted by molar-refractivity contribution is -0.143. The average molecular weight is 466 g/mol. The van der Waals surface area contributed by atoms with Crippen molar-refractivity contribution in [1.82, 2.24) is 10.2 Å². The first-order valence-corrected chi connectivity index (χ1v) is 11.2. The molecule has 2 fully saturated rings. The summed E-state index contributed by atoms with van der Waals surface area (Å²) in [6.07, 6.45) is 0.279. The molecule has 0 aliphatic carbocycles. The largest absolute Gasteiger partial charge is 0.504 e. The first kappa shape index (κ1) is 22.4. The smallest absolute Gasteiger partial charge is 0.250 e. The molecule has 0 aromatic heterocycles. The molecule has 3 amide bonds. The molecule has 3 aliphatic heterocycles. The number of phenolic OH excluding ortho intramolecular Hbond substituents is 2. The molecule has 178 valence electrons. The average Bonchev–Trinajstić information content (AvgIpc) is 3.35. The molecule has 0 saturated carbocycles. The summed E-state index contributed by atoms with van der Waals surface area (Å²) in [6.45, 7) is 4.15. The molecule has 3 heterocycles. The maximum atomic E-state index is 13.6. The number of hydrogen-bond acceptors (Lipinski definition) is 7. The standard InChI is InChI=1S/C25H27N3O6/c1-12-8-13(2)21-15(9-12)25(24(33)26-21)20-19(22(31)28(23(20)32)6-7-34-3)16(27-25)10-14-4-5-17(29)18(30)11-14/h4-5,8-9,11,16,19-20,27,29-30H,6-7,10H2,1-3H3,(H,26,33)/t16-,19+,20-,25+/m0/s1. The lowest BCUT2D eigenvalue weighted by atomic mass is 9.75. The van der Waals surface area contributed by atoms with E-state index in [0.717, 1.165) is 11.1 Å². The Morgan fingerprint density at radius 3 is 2.53 bits per heavy atom. The minimum Gasteiger partial charge on any atom is -0.504 e. The van der Waals surface area contributed by atoms with Crippen LogP contribution in [0.2, 0.25) is 0 Å². The molecule has 0 bridgehead atoms. The molecule has 5 rings (SSSR count). The number of ether oxygens (including phenoxy) is 1. The van der Waals surface area contributed by atoms with Crippen LogP contribution in [0, 0.1) is 25.7 Å². The molecule has 4 N–H and O–H groups in total. The minimum absolute atomic E-state index is 0.116. The second kappa shape index (κ2) is 7.82. The van der Waals surface area contributed by atoms with E-state index < -0.39 is 29.3 Å². The molecule has 0 unspecified atom stereocenters. The number of amides is 3. The number of anilines is 1. The van der Waals surface area contributed by atoms with Crippen molar-refractivity contribution in [3.05, 3.63) is 52.6 Å². The Morgan fingerprint density at radius 2 is 1.82 bits per heavy atom. The van der Waals surface area contributed by atoms with Gasteiger partial charge in [0.1, 0.15) is 5.54 Å². The molecule has 3 aliphatic rings. The monoisotopic (exact) mass is 465 g/mol. The summed E-state index contributed by atoms with van der Waals surface area (Å²) in [4.78, 5) is 41.9. The van der Waals surface area contributed by atoms with Crippen LogP contribution in [0.15, 0.2) is 30.3 Å². The molecule has 2 aromatic carbocycles. The molecule has 2 aromatic rings. The summed E-state index contributed by atoms with van der Waals surface area (Å²) in [7, 11) is 1.50. The number of nitrogens with one attached hydrogen (secondary N) is 2. The van der Waals surface area contributed by atoms with Crippen LogP contribution in [0.25, 0.3) is 0 Å². The van der Waals surface area contributed by atoms with E-state index in [1.54, 1.807) is 6.07 Å². The molecule has 9 nitrogen and oxygen atoms in total. The summed E-state index contributed by atoms with van der Waals surface area (Å²) < 4.78 is 5.10. The van der Waals surface area contributed by atoms with Crippen molar-refractivity contribution in [1.29, 1.82) is 0 Å². The number of likely N-dealkylation sites (tertiary alicyclic amines) is 1. The number of hydrogen-bond donors (Lipinski definition) is 4. The lowest BCUT2D eigenvalue weighted by Gasteiger charge is -2.30. The van der Waals surface area contributed by atoms with Gasteiger partial charge in [-0.05, 0) is 43.5 Å². The molecule has 4 atom stereocenters. The first-order valence-electron chi connectivity index (χ1n) is 11.2. The number of fused-ring (bicyclic) bond motifs is 4. The minimum atomic E-state index is -1.38. The van der Waals surface area contributed by atoms with E-state index in [4.69, 9.17) is 4.74 Å². The zero-order valence-corrected chi connectivity index (χ0v) is 19.2. The highest BCUT2D eigenvalue weighted by atomic mass is 16.5. The number of methoxy groups -OCH3 is 1. The van der Waals surface area contributed by atoms with E-state index in [2.05, 4.69) is 10.6 Å². The number of carbonyl (C=O) groups is 3. The summed E-state index contributed by atoms with van der Waals surface area (Å²) in [5.41, 5.74) is 2.47. The van der Waals surface area contributed by atoms with Gasteiger partial charge < -0.3 is 20.3 Å². The third kappa shape index (κ3) is 3.04. The fraction of sp³-hybridized carbons (Fsp3) is 0.400. The van der Waals surface area contributed by atoms with Crippen LogP contribution < -0.4 is 10.6 Å². The van der Waals surface area contributed by atoms with Gasteiger partial charge in [0.05, 0.1) is 25.0 Å². The summed E-state index contributed by atoms with van der Waals surface area (Å²) in [6, 6.07) is 7.78. The van der Waals surface area contributed by atoms with Crippen LogP contribution >= 0.6 is 0 Å². The van der Waals surface area contributed by atoms with E-state index in [1.807, 2.05) is 26.0 Å². The van der Waals surface area contributed by atoms with Gasteiger partial charge in [-0.1, -0.05) is 23.8 Å². The SMILES string of the molecule is COCCN1C(=O)[C@@H]2[C@H](Cc3ccc(O)c(O)c3)N[C@@]3(C(=O)Nc4c(C)cc(C)cc43)[C@@H]2C1=O. The Hall–Kier alpha value is -3.43. The Balaban J connectivity index is 1.63. The zero-order chi connectivity index (χ0) is 24.4. The van der Waals surface area contributed by atoms with Crippen molar-refractivity contribution >= 4 is 23.4 Å². The van der Waals surface area contributed by atoms with Crippen molar-refractivity contribution in [2.24, 2.45) is 11.8 Å². The lowest BCUT2D eigenvalue weighted by Crippen LogP contribution is -2.53. The predicted octanol–water partition coefficient (Wildman–Crippen LogP) is 1.32. The highest BCUT2D eigenvalue weighted by Crippen LogP contribution is 2.54. The van der Waals surface area contributed by atoms with Crippen LogP contribution in [-0.4, -0.2) is 59.1 Å². The third-order valence-electron chi connectivity index (χ3n) is 7.27. The van der Waals surface area contributed by atoms with Crippen molar-refractivity contribution in [3.63, 3.8) is 0 Å². The van der Waals surface area contributed by atoms with Gasteiger partial charge in [-0.15, -0.1) is 0 Å². The number of carbonyl (C=O) groups excluding carboxylic acids is 3. The summed E-state index contributed by atoms with van der Waals surface area (Å²) >= 11 is 0. The highest BCUT2D eigenvalue weighted by Gasteiger charge is 2.70. The summed E-state index contributed by atoms with van der Waals surface area (Å²) in [5.74, 6) is -3.27. The van der Waals surface area contributed by atoms with E-state index in [9.17, 15) is 24.6 Å². The number of benzene rings is 2. The Labute approximate surface area is 196 Å². The number of phenols is 2. The van der Waals surface area contributed by atoms with Crippen LogP contribution in [0.3, 0.4) is 0 Å². The second-order valence-corrected chi connectivity index (χ2v) is 9.37. The van der Waals surface area contributed by atoms with Gasteiger partial charge in [0, 0.05) is 24.4 Å². The molecule has 2 saturated heterocycles. The van der Waals surface area contributed by atoms with E-state index >= 15 is 0 Å². The zero-order valence-electron chi connectivity index (χ0n) is 19.2. The second-order valence-electron chi connectivity index (χ2n) is 9.37. The van der Waals surface area contributed by atoms with Crippen LogP contribution in [-0.2, 0) is 31.1 Å². The van der Waals surface area contributed by atoms with Crippen LogP contribution in [0.4, 0.5) is 5.69 Å². The van der Waals surface area contributed by atoms with Crippen molar-refractivity contribution in [3.8, 4) is 11.5 Å². The molecule has 9 heteroatoms. The number of nitrogens with zero attached hydrogens (tertiary/aromatic N) is 1. The molecular weight excluding hydrogens is 438 g/mol. The van der Waals surface area contributed by atoms with E-state index in [0.29, 0.717) is 16.8 Å². The van der Waals surface area contributed by atoms with Crippen molar-refractivity contribution < 1.29 is 29.3 Å². The summed E-state index contributed by atoms with van der Waals surface area (Å²) in [5, 5.41) is 26.0. The van der Waals surface area contributed by atoms with E-state index in [1.165, 1.54) is 24.1 Å². The maximum absolute atomic E-state index is 13.6. The number of aryl methyl sites for hydroxylation is 2. The third-order valence-corrected chi connectivity index (χ3v) is 7.27. The first-order chi connectivity index (χ1) is 16.2. The maximum Gasteiger partial charge on any atom is 0.250 e. The fourth-order valence-corrected chi connectivity index (χ4v) is 5.85. The Morgan fingerprint density at radius 1 is 1.06 bits per heavy atom. The quantitative estimate of drug-likeness (QED) is 0.387. The fourth-order valence-electron chi connectivity index (χ4n) is 5.85. The molecular formula is C25H27N3O6. The Kier molecular flexibility index (Phi) is 5.14. The molecule has 0 radical (unpaired) electrons. The number of rotatable bonds is 5. The highest BCUT2D eigenvalue weighted by molar-refractivity contribution is 6.15. The van der Waals surface area contributed by atoms with Gasteiger partial charge in [-0.3, -0.25) is 24.6 Å². The Bertz CT molecular complexity index is 1230. The van der Waals surface area contributed by atoms with Gasteiger partial charge in [-0.2, -0.15) is 0 Å². The number of aromatic hydroxyl groups is 2.